The number of rotatable bonds is 8. The molecular formula is C14H16O4S. The molecule has 0 unspecified atom stereocenters. The van der Waals surface area contributed by atoms with Crippen LogP contribution in [-0.4, -0.2) is 23.1 Å². The zero-order valence-electron chi connectivity index (χ0n) is 11.0. The van der Waals surface area contributed by atoms with E-state index in [1.165, 1.54) is 13.8 Å². The molecule has 1 aromatic rings. The summed E-state index contributed by atoms with van der Waals surface area (Å²) in [6.07, 6.45) is 0.808. The Morgan fingerprint density at radius 1 is 0.789 bits per heavy atom. The molecule has 102 valence electrons. The highest BCUT2D eigenvalue weighted by molar-refractivity contribution is 7.16. The third-order valence-corrected chi connectivity index (χ3v) is 3.73. The lowest BCUT2D eigenvalue weighted by molar-refractivity contribution is -0.117. The van der Waals surface area contributed by atoms with Gasteiger partial charge in [0.15, 0.2) is 11.6 Å². The quantitative estimate of drug-likeness (QED) is 0.687. The average Bonchev–Trinajstić information content (AvgIpc) is 2.82. The van der Waals surface area contributed by atoms with Gasteiger partial charge in [-0.05, 0) is 26.0 Å². The van der Waals surface area contributed by atoms with Gasteiger partial charge in [0.1, 0.15) is 11.6 Å². The molecule has 1 aromatic heterocycles. The molecule has 0 aromatic carbocycles. The van der Waals surface area contributed by atoms with E-state index in [0.717, 1.165) is 11.3 Å². The van der Waals surface area contributed by atoms with Gasteiger partial charge in [0.25, 0.3) is 0 Å². The monoisotopic (exact) mass is 280 g/mol. The fourth-order valence-electron chi connectivity index (χ4n) is 1.46. The Morgan fingerprint density at radius 3 is 1.47 bits per heavy atom. The van der Waals surface area contributed by atoms with Gasteiger partial charge in [0.2, 0.25) is 0 Å². The van der Waals surface area contributed by atoms with Gasteiger partial charge in [-0.1, -0.05) is 0 Å². The van der Waals surface area contributed by atoms with E-state index in [1.54, 1.807) is 12.1 Å². The zero-order chi connectivity index (χ0) is 14.4. The molecule has 19 heavy (non-hydrogen) atoms. The minimum Gasteiger partial charge on any atom is -0.300 e. The summed E-state index contributed by atoms with van der Waals surface area (Å²) in [7, 11) is 0. The van der Waals surface area contributed by atoms with Crippen molar-refractivity contribution >= 4 is 34.5 Å². The van der Waals surface area contributed by atoms with E-state index in [4.69, 9.17) is 0 Å². The van der Waals surface area contributed by atoms with Gasteiger partial charge in [0, 0.05) is 25.7 Å². The first-order chi connectivity index (χ1) is 8.90. The number of carbonyl (C=O) groups excluding carboxylic acids is 4. The molecule has 0 aliphatic carbocycles. The van der Waals surface area contributed by atoms with Crippen molar-refractivity contribution in [2.24, 2.45) is 0 Å². The fraction of sp³-hybridized carbons (Fsp3) is 0.429. The van der Waals surface area contributed by atoms with Crippen LogP contribution in [-0.2, 0) is 9.59 Å². The molecule has 0 saturated heterocycles. The normalized spacial score (nSPS) is 10.2. The Hall–Kier alpha value is -1.62. The van der Waals surface area contributed by atoms with Gasteiger partial charge in [-0.3, -0.25) is 9.59 Å². The molecule has 5 heteroatoms. The standard InChI is InChI=1S/C14H16O4S/c1-9(15)3-5-11(17)13-7-8-14(19-13)12(18)6-4-10(2)16/h7-8H,3-6H2,1-2H3. The third kappa shape index (κ3) is 5.26. The number of thiophene rings is 1. The summed E-state index contributed by atoms with van der Waals surface area (Å²) in [4.78, 5) is 46.1. The Balaban J connectivity index is 2.61. The molecule has 0 aliphatic rings. The van der Waals surface area contributed by atoms with Gasteiger partial charge in [-0.15, -0.1) is 11.3 Å². The lowest BCUT2D eigenvalue weighted by Gasteiger charge is -1.96. The van der Waals surface area contributed by atoms with Crippen LogP contribution < -0.4 is 0 Å². The lowest BCUT2D eigenvalue weighted by Crippen LogP contribution is -2.01. The molecule has 0 spiro atoms. The first-order valence-electron chi connectivity index (χ1n) is 6.05. The molecule has 0 aliphatic heterocycles. The van der Waals surface area contributed by atoms with Gasteiger partial charge < -0.3 is 9.59 Å². The summed E-state index contributed by atoms with van der Waals surface area (Å²) in [5.41, 5.74) is 0. The Kier molecular flexibility index (Phi) is 5.76. The van der Waals surface area contributed by atoms with E-state index in [1.807, 2.05) is 0 Å². The van der Waals surface area contributed by atoms with Crippen LogP contribution in [0.4, 0.5) is 0 Å². The molecule has 0 saturated carbocycles. The van der Waals surface area contributed by atoms with E-state index < -0.39 is 0 Å². The molecule has 0 N–H and O–H groups in total. The smallest absolute Gasteiger partial charge is 0.173 e. The van der Waals surface area contributed by atoms with Crippen molar-refractivity contribution < 1.29 is 19.2 Å². The zero-order valence-corrected chi connectivity index (χ0v) is 11.8. The maximum absolute atomic E-state index is 11.7. The summed E-state index contributed by atoms with van der Waals surface area (Å²) in [6.45, 7) is 2.89. The molecule has 4 nitrogen and oxygen atoms in total. The first-order valence-corrected chi connectivity index (χ1v) is 6.87. The van der Waals surface area contributed by atoms with Crippen molar-refractivity contribution in [1.82, 2.24) is 0 Å². The third-order valence-electron chi connectivity index (χ3n) is 2.56. The highest BCUT2D eigenvalue weighted by atomic mass is 32.1. The van der Waals surface area contributed by atoms with Crippen LogP contribution in [0.3, 0.4) is 0 Å². The minimum absolute atomic E-state index is 0.0253. The van der Waals surface area contributed by atoms with Gasteiger partial charge in [-0.25, -0.2) is 0 Å². The first kappa shape index (κ1) is 15.4. The predicted octanol–water partition coefficient (Wildman–Crippen LogP) is 2.85. The molecule has 1 heterocycles. The maximum atomic E-state index is 11.7. The van der Waals surface area contributed by atoms with E-state index >= 15 is 0 Å². The van der Waals surface area contributed by atoms with Crippen LogP contribution in [0.2, 0.25) is 0 Å². The molecule has 0 amide bonds. The van der Waals surface area contributed by atoms with Gasteiger partial charge >= 0.3 is 0 Å². The largest absolute Gasteiger partial charge is 0.300 e. The lowest BCUT2D eigenvalue weighted by atomic mass is 10.1. The van der Waals surface area contributed by atoms with Crippen LogP contribution in [0, 0.1) is 0 Å². The summed E-state index contributed by atoms with van der Waals surface area (Å²) in [6, 6.07) is 3.21. The number of carbonyl (C=O) groups is 4. The van der Waals surface area contributed by atoms with Gasteiger partial charge in [-0.2, -0.15) is 0 Å². The topological polar surface area (TPSA) is 68.3 Å². The minimum atomic E-state index is -0.120. The molecule has 0 atom stereocenters. The van der Waals surface area contributed by atoms with Crippen molar-refractivity contribution in [2.75, 3.05) is 0 Å². The molecule has 0 bridgehead atoms. The summed E-state index contributed by atoms with van der Waals surface area (Å²) in [5.74, 6) is -0.290. The van der Waals surface area contributed by atoms with Crippen LogP contribution >= 0.6 is 11.3 Å². The van der Waals surface area contributed by atoms with Crippen molar-refractivity contribution in [2.45, 2.75) is 39.5 Å². The van der Waals surface area contributed by atoms with E-state index in [0.29, 0.717) is 9.75 Å². The SMILES string of the molecule is CC(=O)CCC(=O)c1ccc(C(=O)CCC(C)=O)s1. The Bertz CT molecular complexity index is 469. The number of hydrogen-bond acceptors (Lipinski definition) is 5. The van der Waals surface area contributed by atoms with Crippen molar-refractivity contribution in [3.63, 3.8) is 0 Å². The predicted molar refractivity (Wildman–Crippen MR) is 72.8 cm³/mol. The van der Waals surface area contributed by atoms with Crippen LogP contribution in [0.15, 0.2) is 12.1 Å². The van der Waals surface area contributed by atoms with Gasteiger partial charge in [0.05, 0.1) is 9.75 Å². The summed E-state index contributed by atoms with van der Waals surface area (Å²) in [5, 5.41) is 0. The van der Waals surface area contributed by atoms with Crippen molar-refractivity contribution in [3.8, 4) is 0 Å². The summed E-state index contributed by atoms with van der Waals surface area (Å²) < 4.78 is 0. The highest BCUT2D eigenvalue weighted by Crippen LogP contribution is 2.20. The Morgan fingerprint density at radius 2 is 1.16 bits per heavy atom. The molecule has 1 rings (SSSR count). The number of hydrogen-bond donors (Lipinski definition) is 0. The summed E-state index contributed by atoms with van der Waals surface area (Å²) >= 11 is 1.13. The van der Waals surface area contributed by atoms with E-state index in [9.17, 15) is 19.2 Å². The second-order valence-electron chi connectivity index (χ2n) is 4.41. The highest BCUT2D eigenvalue weighted by Gasteiger charge is 2.14. The number of ketones is 4. The molecule has 0 fully saturated rings. The molecule has 0 radical (unpaired) electrons. The van der Waals surface area contributed by atoms with E-state index in [-0.39, 0.29) is 48.8 Å². The second kappa shape index (κ2) is 7.09. The second-order valence-corrected chi connectivity index (χ2v) is 5.50. The van der Waals surface area contributed by atoms with E-state index in [2.05, 4.69) is 0 Å². The maximum Gasteiger partial charge on any atom is 0.173 e. The van der Waals surface area contributed by atoms with Crippen molar-refractivity contribution in [1.29, 1.82) is 0 Å². The Labute approximate surface area is 115 Å². The van der Waals surface area contributed by atoms with Crippen LogP contribution in [0.5, 0.6) is 0 Å². The number of Topliss-reactive ketones (excluding diaryl/α,β-unsaturated/α-hetero) is 4. The van der Waals surface area contributed by atoms with Crippen LogP contribution in [0.25, 0.3) is 0 Å². The van der Waals surface area contributed by atoms with Crippen molar-refractivity contribution in [3.05, 3.63) is 21.9 Å². The molecular weight excluding hydrogens is 264 g/mol. The average molecular weight is 280 g/mol. The van der Waals surface area contributed by atoms with Crippen LogP contribution in [0.1, 0.15) is 58.9 Å². The fourth-order valence-corrected chi connectivity index (χ4v) is 2.40.